The molecule has 1 aliphatic heterocycles. The van der Waals surface area contributed by atoms with Gasteiger partial charge in [-0.15, -0.1) is 0 Å². The zero-order chi connectivity index (χ0) is 11.6. The van der Waals surface area contributed by atoms with Crippen LogP contribution in [-0.4, -0.2) is 25.5 Å². The third kappa shape index (κ3) is 5.50. The Hall–Kier alpha value is -0.570. The van der Waals surface area contributed by atoms with Gasteiger partial charge in [0.05, 0.1) is 0 Å². The van der Waals surface area contributed by atoms with E-state index in [4.69, 9.17) is 0 Å². The zero-order valence-electron chi connectivity index (χ0n) is 10.6. The average molecular weight is 226 g/mol. The van der Waals surface area contributed by atoms with Gasteiger partial charge in [0.15, 0.2) is 0 Å². The lowest BCUT2D eigenvalue weighted by Gasteiger charge is -2.21. The number of carbonyl (C=O) groups excluding carboxylic acids is 1. The van der Waals surface area contributed by atoms with Crippen LogP contribution in [0, 0.1) is 5.92 Å². The molecule has 3 nitrogen and oxygen atoms in total. The normalized spacial score (nSPS) is 17.3. The van der Waals surface area contributed by atoms with Crippen LogP contribution in [0.25, 0.3) is 0 Å². The van der Waals surface area contributed by atoms with Gasteiger partial charge < -0.3 is 10.6 Å². The molecule has 1 amide bonds. The number of hydrogen-bond donors (Lipinski definition) is 2. The molecule has 16 heavy (non-hydrogen) atoms. The second-order valence-corrected chi connectivity index (χ2v) is 4.73. The summed E-state index contributed by atoms with van der Waals surface area (Å²) >= 11 is 0. The van der Waals surface area contributed by atoms with Crippen LogP contribution >= 0.6 is 0 Å². The average Bonchev–Trinajstić information content (AvgIpc) is 2.34. The van der Waals surface area contributed by atoms with Gasteiger partial charge in [0.1, 0.15) is 0 Å². The molecule has 0 aromatic heterocycles. The van der Waals surface area contributed by atoms with Crippen LogP contribution in [0.4, 0.5) is 0 Å². The number of amides is 1. The van der Waals surface area contributed by atoms with Gasteiger partial charge in [0, 0.05) is 12.5 Å². The Morgan fingerprint density at radius 2 is 1.88 bits per heavy atom. The number of unbranched alkanes of at least 4 members (excludes halogenated alkanes) is 4. The summed E-state index contributed by atoms with van der Waals surface area (Å²) in [4.78, 5) is 11.7. The molecule has 0 bridgehead atoms. The monoisotopic (exact) mass is 226 g/mol. The molecule has 0 unspecified atom stereocenters. The number of carbonyl (C=O) groups is 1. The minimum Gasteiger partial charge on any atom is -0.356 e. The minimum atomic E-state index is 0.261. The zero-order valence-corrected chi connectivity index (χ0v) is 10.6. The van der Waals surface area contributed by atoms with E-state index in [0.717, 1.165) is 38.9 Å². The Balaban J connectivity index is 1.97. The number of piperidine rings is 1. The molecule has 0 aromatic carbocycles. The molecule has 1 fully saturated rings. The first-order valence-electron chi connectivity index (χ1n) is 6.83. The first kappa shape index (κ1) is 13.5. The highest BCUT2D eigenvalue weighted by atomic mass is 16.1. The van der Waals surface area contributed by atoms with E-state index in [1.807, 2.05) is 0 Å². The van der Waals surface area contributed by atoms with Crippen molar-refractivity contribution in [2.24, 2.45) is 5.92 Å². The van der Waals surface area contributed by atoms with Gasteiger partial charge in [-0.05, 0) is 32.4 Å². The van der Waals surface area contributed by atoms with Crippen LogP contribution in [0.1, 0.15) is 51.9 Å². The Bertz CT molecular complexity index is 188. The number of hydrogen-bond acceptors (Lipinski definition) is 2. The highest BCUT2D eigenvalue weighted by Crippen LogP contribution is 2.11. The van der Waals surface area contributed by atoms with E-state index in [-0.39, 0.29) is 11.8 Å². The molecule has 0 radical (unpaired) electrons. The van der Waals surface area contributed by atoms with E-state index in [0.29, 0.717) is 0 Å². The lowest BCUT2D eigenvalue weighted by Crippen LogP contribution is -2.38. The van der Waals surface area contributed by atoms with Crippen LogP contribution in [0.3, 0.4) is 0 Å². The van der Waals surface area contributed by atoms with Crippen molar-refractivity contribution in [3.63, 3.8) is 0 Å². The SMILES string of the molecule is CCCCCCCNC(=O)C1CCNCC1. The summed E-state index contributed by atoms with van der Waals surface area (Å²) in [6, 6.07) is 0. The Labute approximate surface area is 99.4 Å². The van der Waals surface area contributed by atoms with E-state index in [9.17, 15) is 4.79 Å². The molecule has 94 valence electrons. The first-order chi connectivity index (χ1) is 7.84. The van der Waals surface area contributed by atoms with E-state index in [1.165, 1.54) is 25.7 Å². The standard InChI is InChI=1S/C13H26N2O/c1-2-3-4-5-6-9-15-13(16)12-7-10-14-11-8-12/h12,14H,2-11H2,1H3,(H,15,16). The van der Waals surface area contributed by atoms with E-state index in [1.54, 1.807) is 0 Å². The predicted octanol–water partition coefficient (Wildman–Crippen LogP) is 2.07. The van der Waals surface area contributed by atoms with Gasteiger partial charge in [-0.25, -0.2) is 0 Å². The maximum Gasteiger partial charge on any atom is 0.223 e. The molecule has 0 aliphatic carbocycles. The van der Waals surface area contributed by atoms with Gasteiger partial charge in [-0.1, -0.05) is 32.6 Å². The smallest absolute Gasteiger partial charge is 0.223 e. The summed E-state index contributed by atoms with van der Waals surface area (Å²) in [5.74, 6) is 0.536. The molecule has 3 heteroatoms. The third-order valence-electron chi connectivity index (χ3n) is 3.29. The summed E-state index contributed by atoms with van der Waals surface area (Å²) in [5.41, 5.74) is 0. The summed E-state index contributed by atoms with van der Waals surface area (Å²) in [6.45, 7) is 5.08. The Morgan fingerprint density at radius 1 is 1.19 bits per heavy atom. The maximum absolute atomic E-state index is 11.7. The molecule has 1 saturated heterocycles. The third-order valence-corrected chi connectivity index (χ3v) is 3.29. The van der Waals surface area contributed by atoms with Crippen molar-refractivity contribution in [2.75, 3.05) is 19.6 Å². The first-order valence-corrected chi connectivity index (χ1v) is 6.83. The predicted molar refractivity (Wildman–Crippen MR) is 67.4 cm³/mol. The van der Waals surface area contributed by atoms with Crippen LogP contribution in [0.2, 0.25) is 0 Å². The van der Waals surface area contributed by atoms with E-state index >= 15 is 0 Å². The van der Waals surface area contributed by atoms with Gasteiger partial charge in [-0.3, -0.25) is 4.79 Å². The lowest BCUT2D eigenvalue weighted by atomic mass is 9.97. The van der Waals surface area contributed by atoms with E-state index in [2.05, 4.69) is 17.6 Å². The molecule has 2 N–H and O–H groups in total. The molecule has 1 heterocycles. The van der Waals surface area contributed by atoms with Crippen molar-refractivity contribution in [1.29, 1.82) is 0 Å². The molecule has 0 saturated carbocycles. The fourth-order valence-electron chi connectivity index (χ4n) is 2.17. The van der Waals surface area contributed by atoms with Gasteiger partial charge in [0.2, 0.25) is 5.91 Å². The highest BCUT2D eigenvalue weighted by molar-refractivity contribution is 5.78. The maximum atomic E-state index is 11.7. The van der Waals surface area contributed by atoms with Crippen molar-refractivity contribution >= 4 is 5.91 Å². The molecular formula is C13H26N2O. The molecular weight excluding hydrogens is 200 g/mol. The van der Waals surface area contributed by atoms with Crippen molar-refractivity contribution in [3.8, 4) is 0 Å². The van der Waals surface area contributed by atoms with Crippen LogP contribution < -0.4 is 10.6 Å². The minimum absolute atomic E-state index is 0.261. The second-order valence-electron chi connectivity index (χ2n) is 4.73. The molecule has 0 spiro atoms. The van der Waals surface area contributed by atoms with Gasteiger partial charge >= 0.3 is 0 Å². The van der Waals surface area contributed by atoms with Crippen LogP contribution in [0.5, 0.6) is 0 Å². The van der Waals surface area contributed by atoms with Crippen molar-refractivity contribution in [1.82, 2.24) is 10.6 Å². The van der Waals surface area contributed by atoms with Crippen LogP contribution in [-0.2, 0) is 4.79 Å². The van der Waals surface area contributed by atoms with Crippen molar-refractivity contribution < 1.29 is 4.79 Å². The Morgan fingerprint density at radius 3 is 2.56 bits per heavy atom. The molecule has 0 aromatic rings. The quantitative estimate of drug-likeness (QED) is 0.653. The number of nitrogens with one attached hydrogen (secondary N) is 2. The topological polar surface area (TPSA) is 41.1 Å². The van der Waals surface area contributed by atoms with Crippen molar-refractivity contribution in [3.05, 3.63) is 0 Å². The van der Waals surface area contributed by atoms with Gasteiger partial charge in [0.25, 0.3) is 0 Å². The lowest BCUT2D eigenvalue weighted by molar-refractivity contribution is -0.125. The molecule has 1 aliphatic rings. The largest absolute Gasteiger partial charge is 0.356 e. The molecule has 1 rings (SSSR count). The highest BCUT2D eigenvalue weighted by Gasteiger charge is 2.19. The Kier molecular flexibility index (Phi) is 7.23. The van der Waals surface area contributed by atoms with Crippen LogP contribution in [0.15, 0.2) is 0 Å². The summed E-state index contributed by atoms with van der Waals surface area (Å²) in [7, 11) is 0. The summed E-state index contributed by atoms with van der Waals surface area (Å²) < 4.78 is 0. The second kappa shape index (κ2) is 8.57. The van der Waals surface area contributed by atoms with Gasteiger partial charge in [-0.2, -0.15) is 0 Å². The fourth-order valence-corrected chi connectivity index (χ4v) is 2.17. The fraction of sp³-hybridized carbons (Fsp3) is 0.923. The molecule has 0 atom stereocenters. The summed E-state index contributed by atoms with van der Waals surface area (Å²) in [5, 5.41) is 6.34. The summed E-state index contributed by atoms with van der Waals surface area (Å²) in [6.07, 6.45) is 8.30. The van der Waals surface area contributed by atoms with Crippen molar-refractivity contribution in [2.45, 2.75) is 51.9 Å². The number of rotatable bonds is 7. The van der Waals surface area contributed by atoms with E-state index < -0.39 is 0 Å².